The van der Waals surface area contributed by atoms with Gasteiger partial charge in [-0.2, -0.15) is 0 Å². The van der Waals surface area contributed by atoms with Crippen molar-refractivity contribution in [2.24, 2.45) is 0 Å². The Labute approximate surface area is 82.4 Å². The van der Waals surface area contributed by atoms with E-state index < -0.39 is 6.16 Å². The minimum Gasteiger partial charge on any atom is -0.493 e. The Hall–Kier alpha value is -1.71. The number of carbonyl (C=O) groups is 1. The molecule has 0 aromatic heterocycles. The Morgan fingerprint density at radius 3 is 2.50 bits per heavy atom. The fraction of sp³-hybridized carbons (Fsp3) is 0.200. The third kappa shape index (κ3) is 2.65. The quantitative estimate of drug-likeness (QED) is 0.548. The third-order valence-corrected chi connectivity index (χ3v) is 1.48. The minimum atomic E-state index is -0.781. The number of carbonyl (C=O) groups excluding carboxylic acids is 1. The molecule has 1 rings (SSSR count). The van der Waals surface area contributed by atoms with Crippen molar-refractivity contribution in [2.75, 3.05) is 7.11 Å². The second kappa shape index (κ2) is 5.11. The van der Waals surface area contributed by atoms with Crippen LogP contribution in [0.2, 0.25) is 0 Å². The fourth-order valence-corrected chi connectivity index (χ4v) is 0.913. The van der Waals surface area contributed by atoms with Crippen molar-refractivity contribution in [2.45, 2.75) is 6.92 Å². The van der Waals surface area contributed by atoms with Gasteiger partial charge in [0.15, 0.2) is 11.5 Å². The molecule has 4 heteroatoms. The van der Waals surface area contributed by atoms with Gasteiger partial charge in [0.1, 0.15) is 6.61 Å². The maximum atomic E-state index is 10.9. The van der Waals surface area contributed by atoms with E-state index in [2.05, 4.69) is 4.74 Å². The van der Waals surface area contributed by atoms with Crippen LogP contribution in [0.1, 0.15) is 6.92 Å². The fourth-order valence-electron chi connectivity index (χ4n) is 0.913. The van der Waals surface area contributed by atoms with Gasteiger partial charge in [-0.1, -0.05) is 12.1 Å². The lowest BCUT2D eigenvalue weighted by Crippen LogP contribution is -2.08. The standard InChI is InChI=1S/C10H11O4/c1-3-13-10(11)14-9-7-5-4-6-8(9)12-2/h3-7H,1-2H3. The normalized spacial score (nSPS) is 9.29. The summed E-state index contributed by atoms with van der Waals surface area (Å²) in [5.74, 6) is 0.822. The van der Waals surface area contributed by atoms with E-state index in [1.54, 1.807) is 31.2 Å². The SMILES string of the molecule is C[CH]OC(=O)Oc1ccccc1OC. The summed E-state index contributed by atoms with van der Waals surface area (Å²) in [4.78, 5) is 10.9. The van der Waals surface area contributed by atoms with Crippen LogP contribution in [0.5, 0.6) is 11.5 Å². The smallest absolute Gasteiger partial charge is 0.493 e. The topological polar surface area (TPSA) is 44.8 Å². The molecule has 0 aliphatic rings. The lowest BCUT2D eigenvalue weighted by Gasteiger charge is -2.07. The first-order valence-corrected chi connectivity index (χ1v) is 4.07. The van der Waals surface area contributed by atoms with E-state index in [9.17, 15) is 4.79 Å². The predicted octanol–water partition coefficient (Wildman–Crippen LogP) is 2.39. The van der Waals surface area contributed by atoms with E-state index in [1.165, 1.54) is 13.7 Å². The first kappa shape index (κ1) is 10.4. The largest absolute Gasteiger partial charge is 0.514 e. The van der Waals surface area contributed by atoms with Gasteiger partial charge in [0.05, 0.1) is 7.11 Å². The van der Waals surface area contributed by atoms with E-state index in [1.807, 2.05) is 0 Å². The molecule has 0 aliphatic carbocycles. The third-order valence-electron chi connectivity index (χ3n) is 1.48. The molecule has 0 saturated heterocycles. The summed E-state index contributed by atoms with van der Waals surface area (Å²) >= 11 is 0. The molecule has 1 aromatic rings. The highest BCUT2D eigenvalue weighted by atomic mass is 16.7. The van der Waals surface area contributed by atoms with Gasteiger partial charge in [-0.25, -0.2) is 4.79 Å². The van der Waals surface area contributed by atoms with Crippen LogP contribution < -0.4 is 9.47 Å². The summed E-state index contributed by atoms with van der Waals surface area (Å²) < 4.78 is 14.3. The van der Waals surface area contributed by atoms with Crippen LogP contribution in [0.4, 0.5) is 4.79 Å². The lowest BCUT2D eigenvalue weighted by atomic mass is 10.3. The van der Waals surface area contributed by atoms with Crippen molar-refractivity contribution in [3.05, 3.63) is 30.9 Å². The van der Waals surface area contributed by atoms with Crippen molar-refractivity contribution in [3.8, 4) is 11.5 Å². The molecule has 0 N–H and O–H groups in total. The van der Waals surface area contributed by atoms with E-state index >= 15 is 0 Å². The van der Waals surface area contributed by atoms with Crippen LogP contribution in [-0.2, 0) is 4.74 Å². The molecule has 1 radical (unpaired) electrons. The predicted molar refractivity (Wildman–Crippen MR) is 50.1 cm³/mol. The molecule has 0 amide bonds. The van der Waals surface area contributed by atoms with Crippen LogP contribution in [0.3, 0.4) is 0 Å². The van der Waals surface area contributed by atoms with E-state index in [0.717, 1.165) is 0 Å². The van der Waals surface area contributed by atoms with Gasteiger partial charge in [-0.05, 0) is 19.1 Å². The molecule has 75 valence electrons. The molecule has 0 heterocycles. The number of rotatable bonds is 3. The van der Waals surface area contributed by atoms with Gasteiger partial charge in [0.25, 0.3) is 0 Å². The molecular weight excluding hydrogens is 184 g/mol. The summed E-state index contributed by atoms with van der Waals surface area (Å²) in [6, 6.07) is 6.83. The number of para-hydroxylation sites is 2. The average Bonchev–Trinajstić information content (AvgIpc) is 2.19. The Balaban J connectivity index is 2.70. The van der Waals surface area contributed by atoms with Crippen molar-refractivity contribution in [3.63, 3.8) is 0 Å². The lowest BCUT2D eigenvalue weighted by molar-refractivity contribution is 0.122. The number of hydrogen-bond acceptors (Lipinski definition) is 4. The van der Waals surface area contributed by atoms with Gasteiger partial charge >= 0.3 is 6.16 Å². The summed E-state index contributed by atoms with van der Waals surface area (Å²) in [5, 5.41) is 0. The highest BCUT2D eigenvalue weighted by Crippen LogP contribution is 2.25. The highest BCUT2D eigenvalue weighted by Gasteiger charge is 2.09. The van der Waals surface area contributed by atoms with Gasteiger partial charge in [-0.15, -0.1) is 0 Å². The molecule has 4 nitrogen and oxygen atoms in total. The number of hydrogen-bond donors (Lipinski definition) is 0. The van der Waals surface area contributed by atoms with Gasteiger partial charge < -0.3 is 14.2 Å². The Morgan fingerprint density at radius 1 is 1.29 bits per heavy atom. The molecule has 0 unspecified atom stereocenters. The van der Waals surface area contributed by atoms with Crippen LogP contribution >= 0.6 is 0 Å². The zero-order valence-corrected chi connectivity index (χ0v) is 8.02. The number of ether oxygens (including phenoxy) is 3. The minimum absolute atomic E-state index is 0.335. The van der Waals surface area contributed by atoms with Crippen molar-refractivity contribution >= 4 is 6.16 Å². The van der Waals surface area contributed by atoms with E-state index in [4.69, 9.17) is 9.47 Å². The summed E-state index contributed by atoms with van der Waals surface area (Å²) in [7, 11) is 1.50. The van der Waals surface area contributed by atoms with Crippen LogP contribution in [0.15, 0.2) is 24.3 Å². The Morgan fingerprint density at radius 2 is 1.93 bits per heavy atom. The summed E-state index contributed by atoms with van der Waals surface area (Å²) in [5.41, 5.74) is 0. The van der Waals surface area contributed by atoms with Crippen LogP contribution in [0.25, 0.3) is 0 Å². The summed E-state index contributed by atoms with van der Waals surface area (Å²) in [6.45, 7) is 2.83. The van der Waals surface area contributed by atoms with E-state index in [0.29, 0.717) is 11.5 Å². The van der Waals surface area contributed by atoms with Crippen molar-refractivity contribution < 1.29 is 19.0 Å². The van der Waals surface area contributed by atoms with Gasteiger partial charge in [0.2, 0.25) is 0 Å². The first-order valence-electron chi connectivity index (χ1n) is 4.07. The molecule has 0 bridgehead atoms. The molecule has 0 saturated carbocycles. The number of benzene rings is 1. The maximum Gasteiger partial charge on any atom is 0.514 e. The summed E-state index contributed by atoms with van der Waals surface area (Å²) in [6.07, 6.45) is -0.781. The highest BCUT2D eigenvalue weighted by molar-refractivity contribution is 5.65. The first-order chi connectivity index (χ1) is 6.77. The molecule has 0 aliphatic heterocycles. The van der Waals surface area contributed by atoms with Crippen molar-refractivity contribution in [1.82, 2.24) is 0 Å². The molecule has 0 spiro atoms. The molecule has 0 fully saturated rings. The second-order valence-electron chi connectivity index (χ2n) is 2.36. The average molecular weight is 195 g/mol. The number of methoxy groups -OCH3 is 1. The van der Waals surface area contributed by atoms with Crippen LogP contribution in [0, 0.1) is 6.61 Å². The maximum absolute atomic E-state index is 10.9. The molecule has 1 aromatic carbocycles. The van der Waals surface area contributed by atoms with Crippen LogP contribution in [-0.4, -0.2) is 13.3 Å². The molecule has 0 atom stereocenters. The van der Waals surface area contributed by atoms with E-state index in [-0.39, 0.29) is 0 Å². The monoisotopic (exact) mass is 195 g/mol. The molecular formula is C10H11O4. The van der Waals surface area contributed by atoms with Gasteiger partial charge in [0, 0.05) is 0 Å². The molecule has 14 heavy (non-hydrogen) atoms. The van der Waals surface area contributed by atoms with Crippen molar-refractivity contribution in [1.29, 1.82) is 0 Å². The Bertz CT molecular complexity index is 309. The zero-order chi connectivity index (χ0) is 10.4. The van der Waals surface area contributed by atoms with Gasteiger partial charge in [-0.3, -0.25) is 0 Å². The second-order valence-corrected chi connectivity index (χ2v) is 2.36. The Kier molecular flexibility index (Phi) is 3.79. The zero-order valence-electron chi connectivity index (χ0n) is 8.02.